The third kappa shape index (κ3) is 4.66. The Kier molecular flexibility index (Phi) is 7.40. The molecule has 4 aromatic rings. The van der Waals surface area contributed by atoms with Gasteiger partial charge >= 0.3 is 5.97 Å². The van der Waals surface area contributed by atoms with Crippen molar-refractivity contribution in [3.63, 3.8) is 0 Å². The molecule has 5 rings (SSSR count). The van der Waals surface area contributed by atoms with E-state index in [1.807, 2.05) is 61.5 Å². The number of carbonyl (C=O) groups excluding carboxylic acids is 1. The van der Waals surface area contributed by atoms with E-state index < -0.39 is 11.8 Å². The van der Waals surface area contributed by atoms with Crippen LogP contribution in [0.25, 0.3) is 16.6 Å². The number of ether oxygens (including phenoxy) is 6. The highest BCUT2D eigenvalue weighted by atomic mass is 32.1. The highest BCUT2D eigenvalue weighted by Crippen LogP contribution is 2.49. The van der Waals surface area contributed by atoms with Crippen LogP contribution in [0.2, 0.25) is 0 Å². The standard InChI is InChI=1S/C29H28N2O7S/c1-6-37-29(19-8-10-20(33-2)11-9-19)21(13-17-14-24(34-3)27(36-5)25(15-17)35-4)26(28(32)38-29)18-7-12-22-23(16-18)31-39-30-22/h7-12,14-16H,6,13H2,1-5H3. The predicted molar refractivity (Wildman–Crippen MR) is 147 cm³/mol. The molecule has 2 heterocycles. The van der Waals surface area contributed by atoms with E-state index in [9.17, 15) is 4.79 Å². The lowest BCUT2D eigenvalue weighted by atomic mass is 9.87. The number of hydrogen-bond acceptors (Lipinski definition) is 10. The van der Waals surface area contributed by atoms with E-state index in [0.717, 1.165) is 22.8 Å². The molecule has 0 amide bonds. The SMILES string of the molecule is CCOC1(c2ccc(OC)cc2)OC(=O)C(c2ccc3nsnc3c2)=C1Cc1cc(OC)c(OC)c(OC)c1. The van der Waals surface area contributed by atoms with Crippen molar-refractivity contribution in [2.24, 2.45) is 0 Å². The average molecular weight is 549 g/mol. The molecule has 0 fully saturated rings. The Morgan fingerprint density at radius 1 is 0.846 bits per heavy atom. The Morgan fingerprint density at radius 3 is 2.15 bits per heavy atom. The molecule has 39 heavy (non-hydrogen) atoms. The summed E-state index contributed by atoms with van der Waals surface area (Å²) in [6.07, 6.45) is 0.289. The fraction of sp³-hybridized carbons (Fsp3) is 0.276. The summed E-state index contributed by atoms with van der Waals surface area (Å²) >= 11 is 1.12. The first-order valence-electron chi connectivity index (χ1n) is 12.2. The van der Waals surface area contributed by atoms with Crippen molar-refractivity contribution in [1.82, 2.24) is 8.75 Å². The number of methoxy groups -OCH3 is 4. The summed E-state index contributed by atoms with van der Waals surface area (Å²) in [6.45, 7) is 2.15. The van der Waals surface area contributed by atoms with Crippen molar-refractivity contribution < 1.29 is 33.2 Å². The number of hydrogen-bond donors (Lipinski definition) is 0. The Hall–Kier alpha value is -4.15. The summed E-state index contributed by atoms with van der Waals surface area (Å²) in [5, 5.41) is 0. The number of nitrogens with zero attached hydrogens (tertiary/aromatic N) is 2. The van der Waals surface area contributed by atoms with Crippen LogP contribution in [-0.2, 0) is 26.5 Å². The smallest absolute Gasteiger partial charge is 0.342 e. The van der Waals surface area contributed by atoms with Crippen molar-refractivity contribution >= 4 is 34.3 Å². The van der Waals surface area contributed by atoms with Crippen LogP contribution >= 0.6 is 11.7 Å². The van der Waals surface area contributed by atoms with Crippen LogP contribution < -0.4 is 18.9 Å². The van der Waals surface area contributed by atoms with E-state index in [4.69, 9.17) is 28.4 Å². The maximum absolute atomic E-state index is 13.7. The zero-order chi connectivity index (χ0) is 27.6. The maximum atomic E-state index is 13.7. The Bertz CT molecular complexity index is 1520. The third-order valence-electron chi connectivity index (χ3n) is 6.61. The second-order valence-electron chi connectivity index (χ2n) is 8.70. The van der Waals surface area contributed by atoms with Gasteiger partial charge in [0.05, 0.1) is 45.7 Å². The van der Waals surface area contributed by atoms with Crippen molar-refractivity contribution in [2.75, 3.05) is 35.0 Å². The second-order valence-corrected chi connectivity index (χ2v) is 9.23. The summed E-state index contributed by atoms with van der Waals surface area (Å²) in [6, 6.07) is 16.6. The molecule has 0 spiro atoms. The van der Waals surface area contributed by atoms with E-state index in [1.54, 1.807) is 28.4 Å². The zero-order valence-corrected chi connectivity index (χ0v) is 23.1. The molecule has 1 aliphatic heterocycles. The number of esters is 1. The van der Waals surface area contributed by atoms with E-state index >= 15 is 0 Å². The van der Waals surface area contributed by atoms with Crippen molar-refractivity contribution in [3.8, 4) is 23.0 Å². The molecule has 1 aromatic heterocycles. The maximum Gasteiger partial charge on any atom is 0.342 e. The quantitative estimate of drug-likeness (QED) is 0.249. The monoisotopic (exact) mass is 548 g/mol. The van der Waals surface area contributed by atoms with E-state index in [0.29, 0.717) is 57.4 Å². The molecule has 0 N–H and O–H groups in total. The Balaban J connectivity index is 1.75. The summed E-state index contributed by atoms with van der Waals surface area (Å²) in [7, 11) is 6.28. The van der Waals surface area contributed by atoms with Crippen molar-refractivity contribution in [2.45, 2.75) is 19.1 Å². The first-order chi connectivity index (χ1) is 19.0. The molecule has 0 saturated carbocycles. The van der Waals surface area contributed by atoms with Gasteiger partial charge in [-0.15, -0.1) is 0 Å². The summed E-state index contributed by atoms with van der Waals surface area (Å²) in [5.41, 5.74) is 4.63. The van der Waals surface area contributed by atoms with Crippen LogP contribution in [0.5, 0.6) is 23.0 Å². The molecular weight excluding hydrogens is 520 g/mol. The van der Waals surface area contributed by atoms with Crippen LogP contribution in [0.3, 0.4) is 0 Å². The van der Waals surface area contributed by atoms with Crippen molar-refractivity contribution in [3.05, 3.63) is 76.9 Å². The average Bonchev–Trinajstić information content (AvgIpc) is 3.54. The van der Waals surface area contributed by atoms with Gasteiger partial charge in [-0.3, -0.25) is 0 Å². The number of fused-ring (bicyclic) bond motifs is 1. The Morgan fingerprint density at radius 2 is 1.54 bits per heavy atom. The largest absolute Gasteiger partial charge is 0.497 e. The van der Waals surface area contributed by atoms with Crippen LogP contribution in [0.4, 0.5) is 0 Å². The van der Waals surface area contributed by atoms with Crippen LogP contribution in [0.15, 0.2) is 60.2 Å². The fourth-order valence-corrected chi connectivity index (χ4v) is 5.37. The number of rotatable bonds is 10. The predicted octanol–water partition coefficient (Wildman–Crippen LogP) is 5.17. The summed E-state index contributed by atoms with van der Waals surface area (Å²) < 4.78 is 43.2. The number of benzene rings is 3. The topological polar surface area (TPSA) is 98.2 Å². The van der Waals surface area contributed by atoms with Gasteiger partial charge in [0.15, 0.2) is 11.5 Å². The molecule has 0 aliphatic carbocycles. The highest BCUT2D eigenvalue weighted by molar-refractivity contribution is 7.00. The first-order valence-corrected chi connectivity index (χ1v) is 13.0. The van der Waals surface area contributed by atoms with Crippen molar-refractivity contribution in [1.29, 1.82) is 0 Å². The zero-order valence-electron chi connectivity index (χ0n) is 22.3. The van der Waals surface area contributed by atoms with E-state index in [2.05, 4.69) is 8.75 Å². The minimum atomic E-state index is -1.47. The summed E-state index contributed by atoms with van der Waals surface area (Å²) in [4.78, 5) is 13.7. The van der Waals surface area contributed by atoms with Gasteiger partial charge in [-0.05, 0) is 66.6 Å². The number of cyclic esters (lactones) is 1. The van der Waals surface area contributed by atoms with Gasteiger partial charge in [-0.1, -0.05) is 6.07 Å². The molecule has 1 atom stereocenters. The third-order valence-corrected chi connectivity index (χ3v) is 7.16. The molecule has 9 nitrogen and oxygen atoms in total. The second kappa shape index (κ2) is 10.9. The van der Waals surface area contributed by atoms with Crippen LogP contribution in [-0.4, -0.2) is 49.8 Å². The van der Waals surface area contributed by atoms with Gasteiger partial charge in [0.25, 0.3) is 5.79 Å². The number of aromatic nitrogens is 2. The van der Waals surface area contributed by atoms with Crippen LogP contribution in [0, 0.1) is 0 Å². The van der Waals surface area contributed by atoms with E-state index in [1.165, 1.54) is 0 Å². The molecule has 3 aromatic carbocycles. The lowest BCUT2D eigenvalue weighted by molar-refractivity contribution is -0.206. The van der Waals surface area contributed by atoms with Crippen LogP contribution in [0.1, 0.15) is 23.6 Å². The fourth-order valence-electron chi connectivity index (χ4n) is 4.85. The minimum Gasteiger partial charge on any atom is -0.497 e. The molecule has 202 valence electrons. The van der Waals surface area contributed by atoms with Gasteiger partial charge in [-0.25, -0.2) is 4.79 Å². The molecule has 1 unspecified atom stereocenters. The van der Waals surface area contributed by atoms with Gasteiger partial charge in [-0.2, -0.15) is 8.75 Å². The lowest BCUT2D eigenvalue weighted by Crippen LogP contribution is -2.33. The Labute approximate surface area is 230 Å². The molecule has 0 saturated heterocycles. The molecular formula is C29H28N2O7S. The highest BCUT2D eigenvalue weighted by Gasteiger charge is 2.50. The minimum absolute atomic E-state index is 0.289. The van der Waals surface area contributed by atoms with E-state index in [-0.39, 0.29) is 6.42 Å². The normalized spacial score (nSPS) is 16.9. The number of carbonyl (C=O) groups is 1. The lowest BCUT2D eigenvalue weighted by Gasteiger charge is -2.31. The van der Waals surface area contributed by atoms with Gasteiger partial charge in [0, 0.05) is 24.2 Å². The van der Waals surface area contributed by atoms with Gasteiger partial charge in [0.2, 0.25) is 5.75 Å². The summed E-state index contributed by atoms with van der Waals surface area (Å²) in [5.74, 6) is 0.185. The molecule has 0 radical (unpaired) electrons. The molecule has 10 heteroatoms. The van der Waals surface area contributed by atoms with Gasteiger partial charge in [0.1, 0.15) is 16.8 Å². The first kappa shape index (κ1) is 26.5. The van der Waals surface area contributed by atoms with Gasteiger partial charge < -0.3 is 28.4 Å². The molecule has 0 bridgehead atoms. The molecule has 1 aliphatic rings.